The van der Waals surface area contributed by atoms with Crippen molar-refractivity contribution in [2.45, 2.75) is 33.1 Å². The van der Waals surface area contributed by atoms with Crippen LogP contribution in [-0.4, -0.2) is 17.0 Å². The van der Waals surface area contributed by atoms with E-state index in [-0.39, 0.29) is 5.92 Å². The fraction of sp³-hybridized carbons (Fsp3) is 0.250. The van der Waals surface area contributed by atoms with Crippen molar-refractivity contribution < 1.29 is 9.21 Å². The van der Waals surface area contributed by atoms with Gasteiger partial charge in [0.2, 0.25) is 5.89 Å². The molecule has 122 valence electrons. The summed E-state index contributed by atoms with van der Waals surface area (Å²) in [5.41, 5.74) is 4.86. The molecule has 1 aliphatic rings. The molecule has 1 heterocycles. The molecule has 0 spiro atoms. The lowest BCUT2D eigenvalue weighted by atomic mass is 9.94. The van der Waals surface area contributed by atoms with Crippen LogP contribution in [0.1, 0.15) is 49.4 Å². The number of aromatic nitrogens is 1. The monoisotopic (exact) mass is 320 g/mol. The summed E-state index contributed by atoms with van der Waals surface area (Å²) in [5, 5.41) is 0. The minimum atomic E-state index is 0.0924. The van der Waals surface area contributed by atoms with Crippen molar-refractivity contribution >= 4 is 12.0 Å². The van der Waals surface area contributed by atoms with E-state index in [2.05, 4.69) is 29.1 Å². The smallest absolute Gasteiger partial charge is 0.202 e. The van der Waals surface area contributed by atoms with E-state index in [0.29, 0.717) is 17.2 Å². The maximum Gasteiger partial charge on any atom is 0.202 e. The molecule has 1 aliphatic carbocycles. The summed E-state index contributed by atoms with van der Waals surface area (Å²) in [5.74, 6) is 1.49. The van der Waals surface area contributed by atoms with Crippen LogP contribution in [0.15, 0.2) is 63.3 Å². The zero-order chi connectivity index (χ0) is 17.1. The molecule has 0 bridgehead atoms. The van der Waals surface area contributed by atoms with Gasteiger partial charge in [-0.1, -0.05) is 36.4 Å². The molecule has 1 aromatic heterocycles. The second-order valence-electron chi connectivity index (χ2n) is 6.16. The van der Waals surface area contributed by atoms with Crippen LogP contribution in [0.25, 0.3) is 11.3 Å². The number of allylic oxidation sites excluding steroid dienone is 4. The van der Waals surface area contributed by atoms with Crippen LogP contribution in [-0.2, 0) is 0 Å². The van der Waals surface area contributed by atoms with Crippen molar-refractivity contribution in [2.24, 2.45) is 4.99 Å². The molecule has 4 nitrogen and oxygen atoms in total. The third kappa shape index (κ3) is 3.43. The molecule has 0 amide bonds. The SMILES string of the molecule is CC(C)=NC1=C(C)C=CC(c2ncc(-c3ccc(C=O)cc3)o2)C1. The third-order valence-corrected chi connectivity index (χ3v) is 3.98. The number of carbonyl (C=O) groups excluding carboxylic acids is 1. The van der Waals surface area contributed by atoms with E-state index in [1.165, 1.54) is 5.57 Å². The molecular formula is C20H20N2O2. The fourth-order valence-corrected chi connectivity index (χ4v) is 2.69. The first-order valence-corrected chi connectivity index (χ1v) is 7.98. The van der Waals surface area contributed by atoms with E-state index in [9.17, 15) is 4.79 Å². The van der Waals surface area contributed by atoms with Gasteiger partial charge in [0.05, 0.1) is 12.1 Å². The number of nitrogens with zero attached hydrogens (tertiary/aromatic N) is 2. The number of hydrogen-bond donors (Lipinski definition) is 0. The predicted molar refractivity (Wildman–Crippen MR) is 95.3 cm³/mol. The van der Waals surface area contributed by atoms with Gasteiger partial charge >= 0.3 is 0 Å². The average molecular weight is 320 g/mol. The Morgan fingerprint density at radius 1 is 1.29 bits per heavy atom. The van der Waals surface area contributed by atoms with E-state index >= 15 is 0 Å². The quantitative estimate of drug-likeness (QED) is 0.591. The summed E-state index contributed by atoms with van der Waals surface area (Å²) in [6.07, 6.45) is 7.55. The summed E-state index contributed by atoms with van der Waals surface area (Å²) in [4.78, 5) is 19.8. The highest BCUT2D eigenvalue weighted by molar-refractivity contribution is 5.80. The second kappa shape index (κ2) is 6.79. The van der Waals surface area contributed by atoms with Crippen LogP contribution in [0.3, 0.4) is 0 Å². The molecule has 1 unspecified atom stereocenters. The van der Waals surface area contributed by atoms with Crippen molar-refractivity contribution in [3.05, 3.63) is 65.3 Å². The second-order valence-corrected chi connectivity index (χ2v) is 6.16. The number of rotatable bonds is 4. The van der Waals surface area contributed by atoms with Crippen LogP contribution in [0.2, 0.25) is 0 Å². The Labute approximate surface area is 141 Å². The Bertz CT molecular complexity index is 835. The molecule has 0 saturated carbocycles. The lowest BCUT2D eigenvalue weighted by molar-refractivity contribution is 0.112. The Morgan fingerprint density at radius 2 is 2.04 bits per heavy atom. The normalized spacial score (nSPS) is 17.0. The molecule has 0 N–H and O–H groups in total. The summed E-state index contributed by atoms with van der Waals surface area (Å²) >= 11 is 0. The molecule has 0 saturated heterocycles. The van der Waals surface area contributed by atoms with Crippen molar-refractivity contribution in [3.63, 3.8) is 0 Å². The van der Waals surface area contributed by atoms with E-state index in [1.807, 2.05) is 26.0 Å². The van der Waals surface area contributed by atoms with Crippen molar-refractivity contribution in [1.29, 1.82) is 0 Å². The number of oxazole rings is 1. The van der Waals surface area contributed by atoms with E-state index in [4.69, 9.17) is 4.42 Å². The number of aldehydes is 1. The zero-order valence-corrected chi connectivity index (χ0v) is 14.1. The Kier molecular flexibility index (Phi) is 4.56. The molecule has 0 fully saturated rings. The van der Waals surface area contributed by atoms with Gasteiger partial charge in [0.1, 0.15) is 6.29 Å². The highest BCUT2D eigenvalue weighted by Crippen LogP contribution is 2.33. The van der Waals surface area contributed by atoms with E-state index in [0.717, 1.165) is 29.7 Å². The van der Waals surface area contributed by atoms with E-state index in [1.54, 1.807) is 18.3 Å². The van der Waals surface area contributed by atoms with Crippen molar-refractivity contribution in [1.82, 2.24) is 4.98 Å². The van der Waals surface area contributed by atoms with Gasteiger partial charge < -0.3 is 4.42 Å². The number of hydrogen-bond acceptors (Lipinski definition) is 4. The summed E-state index contributed by atoms with van der Waals surface area (Å²) in [6, 6.07) is 7.28. The lowest BCUT2D eigenvalue weighted by Gasteiger charge is -2.16. The van der Waals surface area contributed by atoms with E-state index < -0.39 is 0 Å². The minimum absolute atomic E-state index is 0.0924. The van der Waals surface area contributed by atoms with Crippen LogP contribution in [0.5, 0.6) is 0 Å². The van der Waals surface area contributed by atoms with Gasteiger partial charge in [-0.05, 0) is 26.3 Å². The largest absolute Gasteiger partial charge is 0.440 e. The highest BCUT2D eigenvalue weighted by Gasteiger charge is 2.21. The molecule has 24 heavy (non-hydrogen) atoms. The predicted octanol–water partition coefficient (Wildman–Crippen LogP) is 4.95. The molecule has 0 radical (unpaired) electrons. The average Bonchev–Trinajstić information content (AvgIpc) is 3.06. The van der Waals surface area contributed by atoms with Gasteiger partial charge in [-0.15, -0.1) is 0 Å². The molecule has 0 aliphatic heterocycles. The maximum absolute atomic E-state index is 10.7. The number of benzene rings is 1. The molecular weight excluding hydrogens is 300 g/mol. The minimum Gasteiger partial charge on any atom is -0.440 e. The van der Waals surface area contributed by atoms with Gasteiger partial charge in [-0.2, -0.15) is 0 Å². The van der Waals surface area contributed by atoms with Crippen molar-refractivity contribution in [3.8, 4) is 11.3 Å². The standard InChI is InChI=1S/C20H20N2O2/c1-13(2)22-18-10-17(7-4-14(18)3)20-21-11-19(24-20)16-8-5-15(12-23)6-9-16/h4-9,11-12,17H,10H2,1-3H3. The molecule has 1 atom stereocenters. The fourth-order valence-electron chi connectivity index (χ4n) is 2.69. The van der Waals surface area contributed by atoms with Crippen LogP contribution >= 0.6 is 0 Å². The Hall–Kier alpha value is -2.75. The van der Waals surface area contributed by atoms with Gasteiger partial charge in [-0.25, -0.2) is 4.98 Å². The molecule has 2 aromatic rings. The first-order chi connectivity index (χ1) is 11.6. The topological polar surface area (TPSA) is 55.5 Å². The molecule has 1 aromatic carbocycles. The van der Waals surface area contributed by atoms with Crippen molar-refractivity contribution in [2.75, 3.05) is 0 Å². The summed E-state index contributed by atoms with van der Waals surface area (Å²) in [6.45, 7) is 6.07. The molecule has 3 rings (SSSR count). The summed E-state index contributed by atoms with van der Waals surface area (Å²) < 4.78 is 5.95. The first-order valence-electron chi connectivity index (χ1n) is 7.98. The maximum atomic E-state index is 10.7. The Balaban J connectivity index is 1.82. The number of carbonyl (C=O) groups is 1. The van der Waals surface area contributed by atoms with Gasteiger partial charge in [0, 0.05) is 29.0 Å². The van der Waals surface area contributed by atoms with Gasteiger partial charge in [0.25, 0.3) is 0 Å². The van der Waals surface area contributed by atoms with Gasteiger partial charge in [-0.3, -0.25) is 9.79 Å². The van der Waals surface area contributed by atoms with Gasteiger partial charge in [0.15, 0.2) is 5.76 Å². The lowest BCUT2D eigenvalue weighted by Crippen LogP contribution is -2.03. The zero-order valence-electron chi connectivity index (χ0n) is 14.1. The first kappa shape index (κ1) is 16.1. The van der Waals surface area contributed by atoms with Crippen LogP contribution in [0, 0.1) is 0 Å². The number of aliphatic imine (C=N–C) groups is 1. The van der Waals surface area contributed by atoms with Crippen LogP contribution < -0.4 is 0 Å². The third-order valence-electron chi connectivity index (χ3n) is 3.98. The Morgan fingerprint density at radius 3 is 2.71 bits per heavy atom. The summed E-state index contributed by atoms with van der Waals surface area (Å²) in [7, 11) is 0. The molecule has 4 heteroatoms. The highest BCUT2D eigenvalue weighted by atomic mass is 16.4. The van der Waals surface area contributed by atoms with Crippen LogP contribution in [0.4, 0.5) is 0 Å².